The molecule has 0 amide bonds. The molecule has 140 valence electrons. The molecule has 0 heterocycles. The summed E-state index contributed by atoms with van der Waals surface area (Å²) < 4.78 is 16.8. The van der Waals surface area contributed by atoms with E-state index < -0.39 is 0 Å². The summed E-state index contributed by atoms with van der Waals surface area (Å²) in [5.41, 5.74) is 0.318. The van der Waals surface area contributed by atoms with Crippen LogP contribution < -0.4 is 38.4 Å². The molecule has 0 saturated carbocycles. The Bertz CT molecular complexity index is 755. The Morgan fingerprint density at radius 2 is 1.74 bits per heavy atom. The fourth-order valence-corrected chi connectivity index (χ4v) is 3.72. The quantitative estimate of drug-likeness (QED) is 0.452. The zero-order valence-corrected chi connectivity index (χ0v) is 18.1. The van der Waals surface area contributed by atoms with Crippen LogP contribution in [0, 0.1) is 0 Å². The Morgan fingerprint density at radius 3 is 2.41 bits per heavy atom. The molecule has 0 aliphatic heterocycles. The minimum absolute atomic E-state index is 0. The van der Waals surface area contributed by atoms with Crippen LogP contribution in [-0.4, -0.2) is 25.8 Å². The molecule has 4 nitrogen and oxygen atoms in total. The number of halogens is 1. The summed E-state index contributed by atoms with van der Waals surface area (Å²) in [5, 5.41) is 1.22. The van der Waals surface area contributed by atoms with Crippen molar-refractivity contribution in [3.05, 3.63) is 47.0 Å². The van der Waals surface area contributed by atoms with Crippen LogP contribution in [0.4, 0.5) is 0 Å². The first-order valence-electron chi connectivity index (χ1n) is 8.64. The van der Waals surface area contributed by atoms with Gasteiger partial charge in [-0.2, -0.15) is 0 Å². The van der Waals surface area contributed by atoms with Crippen molar-refractivity contribution in [2.75, 3.05) is 20.3 Å². The first-order valence-corrected chi connectivity index (χ1v) is 10.0. The minimum atomic E-state index is -0.124. The summed E-state index contributed by atoms with van der Waals surface area (Å²) in [6, 6.07) is 10.8. The van der Waals surface area contributed by atoms with Crippen LogP contribution in [0.2, 0.25) is 5.02 Å². The van der Waals surface area contributed by atoms with E-state index in [1.54, 1.807) is 18.2 Å². The van der Waals surface area contributed by atoms with Gasteiger partial charge in [-0.25, -0.2) is 0 Å². The van der Waals surface area contributed by atoms with E-state index in [0.29, 0.717) is 35.3 Å². The largest absolute Gasteiger partial charge is 1.00 e. The predicted octanol–water partition coefficient (Wildman–Crippen LogP) is 2.07. The van der Waals surface area contributed by atoms with Crippen molar-refractivity contribution in [2.24, 2.45) is 0 Å². The first-order chi connectivity index (χ1) is 12.6. The normalized spacial score (nSPS) is 10.5. The fourth-order valence-electron chi connectivity index (χ4n) is 2.33. The van der Waals surface area contributed by atoms with Crippen molar-refractivity contribution in [3.8, 4) is 17.2 Å². The molecule has 0 aliphatic rings. The van der Waals surface area contributed by atoms with Crippen LogP contribution in [0.1, 0.15) is 37.0 Å². The van der Waals surface area contributed by atoms with E-state index in [-0.39, 0.29) is 33.0 Å². The SMILES string of the molecule is CCCOc1ccc(PC(=O)c2c(Cl)cccc2OC)c(OCCC)c1.[Li+]. The van der Waals surface area contributed by atoms with E-state index >= 15 is 0 Å². The second-order valence-corrected chi connectivity index (χ2v) is 7.28. The topological polar surface area (TPSA) is 44.8 Å². The van der Waals surface area contributed by atoms with E-state index in [2.05, 4.69) is 6.92 Å². The van der Waals surface area contributed by atoms with Crippen molar-refractivity contribution in [1.82, 2.24) is 0 Å². The van der Waals surface area contributed by atoms with Crippen LogP contribution in [-0.2, 0) is 0 Å². The monoisotopic (exact) mass is 401 g/mol. The summed E-state index contributed by atoms with van der Waals surface area (Å²) >= 11 is 6.23. The van der Waals surface area contributed by atoms with Gasteiger partial charge in [-0.05, 0) is 45.7 Å². The summed E-state index contributed by atoms with van der Waals surface area (Å²) in [7, 11) is 1.41. The van der Waals surface area contributed by atoms with Gasteiger partial charge in [-0.1, -0.05) is 31.5 Å². The minimum Gasteiger partial charge on any atom is -0.496 e. The van der Waals surface area contributed by atoms with Gasteiger partial charge in [0.1, 0.15) is 17.2 Å². The molecule has 0 bridgehead atoms. The Morgan fingerprint density at radius 1 is 1.04 bits per heavy atom. The summed E-state index contributed by atoms with van der Waals surface area (Å²) in [5.74, 6) is 1.90. The predicted molar refractivity (Wildman–Crippen MR) is 108 cm³/mol. The molecule has 0 fully saturated rings. The third kappa shape index (κ3) is 6.74. The van der Waals surface area contributed by atoms with Crippen LogP contribution in [0.3, 0.4) is 0 Å². The molecular formula is C20H24ClLiO4P+. The molecule has 0 aliphatic carbocycles. The van der Waals surface area contributed by atoms with Gasteiger partial charge in [-0.3, -0.25) is 4.79 Å². The number of benzene rings is 2. The van der Waals surface area contributed by atoms with E-state index in [1.807, 2.05) is 25.1 Å². The van der Waals surface area contributed by atoms with Gasteiger partial charge in [0.05, 0.1) is 30.9 Å². The average Bonchev–Trinajstić information content (AvgIpc) is 2.65. The van der Waals surface area contributed by atoms with Gasteiger partial charge in [-0.15, -0.1) is 0 Å². The third-order valence-corrected chi connectivity index (χ3v) is 5.03. The van der Waals surface area contributed by atoms with Crippen molar-refractivity contribution >= 4 is 31.0 Å². The van der Waals surface area contributed by atoms with Gasteiger partial charge in [0.25, 0.3) is 0 Å². The van der Waals surface area contributed by atoms with Crippen LogP contribution in [0.25, 0.3) is 0 Å². The fraction of sp³-hybridized carbons (Fsp3) is 0.350. The van der Waals surface area contributed by atoms with Crippen molar-refractivity contribution in [1.29, 1.82) is 0 Å². The number of ether oxygens (including phenoxy) is 3. The number of hydrogen-bond donors (Lipinski definition) is 0. The molecular weight excluding hydrogens is 378 g/mol. The smallest absolute Gasteiger partial charge is 0.496 e. The van der Waals surface area contributed by atoms with Crippen molar-refractivity contribution < 1.29 is 37.9 Å². The van der Waals surface area contributed by atoms with E-state index in [4.69, 9.17) is 25.8 Å². The van der Waals surface area contributed by atoms with Crippen LogP contribution in [0.5, 0.6) is 17.2 Å². The van der Waals surface area contributed by atoms with Gasteiger partial charge < -0.3 is 14.2 Å². The molecule has 0 aromatic heterocycles. The van der Waals surface area contributed by atoms with Gasteiger partial charge in [0.2, 0.25) is 0 Å². The third-order valence-electron chi connectivity index (χ3n) is 3.56. The molecule has 0 saturated heterocycles. The molecule has 0 N–H and O–H groups in total. The van der Waals surface area contributed by atoms with E-state index in [1.165, 1.54) is 7.11 Å². The molecule has 1 unspecified atom stereocenters. The molecule has 1 atom stereocenters. The number of rotatable bonds is 10. The zero-order chi connectivity index (χ0) is 18.9. The molecule has 0 radical (unpaired) electrons. The van der Waals surface area contributed by atoms with Crippen LogP contribution >= 0.6 is 20.2 Å². The molecule has 27 heavy (non-hydrogen) atoms. The number of carbonyl (C=O) groups is 1. The maximum Gasteiger partial charge on any atom is 1.00 e. The second kappa shape index (κ2) is 12.3. The molecule has 2 aromatic rings. The van der Waals surface area contributed by atoms with Gasteiger partial charge in [0.15, 0.2) is 5.52 Å². The second-order valence-electron chi connectivity index (χ2n) is 5.63. The summed E-state index contributed by atoms with van der Waals surface area (Å²) in [4.78, 5) is 12.9. The summed E-state index contributed by atoms with van der Waals surface area (Å²) in [6.45, 7) is 5.32. The Kier molecular flexibility index (Phi) is 10.9. The average molecular weight is 402 g/mol. The van der Waals surface area contributed by atoms with E-state index in [0.717, 1.165) is 23.9 Å². The van der Waals surface area contributed by atoms with E-state index in [9.17, 15) is 4.79 Å². The number of carbonyl (C=O) groups excluding carboxylic acids is 1. The van der Waals surface area contributed by atoms with Crippen molar-refractivity contribution in [2.45, 2.75) is 26.7 Å². The maximum atomic E-state index is 12.9. The Hall–Kier alpha value is -1.17. The van der Waals surface area contributed by atoms with Gasteiger partial charge >= 0.3 is 18.9 Å². The number of methoxy groups -OCH3 is 1. The van der Waals surface area contributed by atoms with Crippen LogP contribution in [0.15, 0.2) is 36.4 Å². The zero-order valence-electron chi connectivity index (χ0n) is 16.3. The Labute approximate surface area is 179 Å². The van der Waals surface area contributed by atoms with Gasteiger partial charge in [0, 0.05) is 11.4 Å². The first kappa shape index (κ1) is 23.9. The molecule has 0 spiro atoms. The molecule has 7 heteroatoms. The summed E-state index contributed by atoms with van der Waals surface area (Å²) in [6.07, 6.45) is 1.81. The Balaban J connectivity index is 0.00000364. The standard InChI is InChI=1S/C20H24ClO4P.Li/c1-4-11-24-14-9-10-18(17(13-14)25-12-5-2)26-20(22)19-15(21)7-6-8-16(19)23-3;/h6-10,13,26H,4-5,11-12H2,1-3H3;/q;+1. The maximum absolute atomic E-state index is 12.9. The number of hydrogen-bond acceptors (Lipinski definition) is 4. The van der Waals surface area contributed by atoms with Crippen molar-refractivity contribution in [3.63, 3.8) is 0 Å². The molecule has 2 rings (SSSR count). The molecule has 2 aromatic carbocycles.